The molecule has 1 N–H and O–H groups in total. The molecule has 0 aromatic rings. The van der Waals surface area contributed by atoms with Crippen LogP contribution in [0, 0.1) is 29.1 Å². The maximum atomic E-state index is 11.3. The predicted molar refractivity (Wildman–Crippen MR) is 106 cm³/mol. The van der Waals surface area contributed by atoms with Gasteiger partial charge in [-0.1, -0.05) is 29.8 Å². The fraction of sp³-hybridized carbons (Fsp3) is 0.762. The summed E-state index contributed by atoms with van der Waals surface area (Å²) in [5, 5.41) is 14.8. The highest BCUT2D eigenvalue weighted by Crippen LogP contribution is 2.62. The fourth-order valence-electron chi connectivity index (χ4n) is 6.42. The average Bonchev–Trinajstić information content (AvgIpc) is 2.83. The zero-order chi connectivity index (χ0) is 19.6. The van der Waals surface area contributed by atoms with Crippen molar-refractivity contribution >= 4 is 15.8 Å². The molecular formula is C21H31NO4S. The lowest BCUT2D eigenvalue weighted by Gasteiger charge is -2.55. The van der Waals surface area contributed by atoms with Crippen LogP contribution in [0.4, 0.5) is 0 Å². The molecule has 0 aromatic heterocycles. The van der Waals surface area contributed by atoms with E-state index >= 15 is 0 Å². The summed E-state index contributed by atoms with van der Waals surface area (Å²) in [7, 11) is -3.56. The van der Waals surface area contributed by atoms with Crippen molar-refractivity contribution in [1.82, 2.24) is 0 Å². The van der Waals surface area contributed by atoms with E-state index in [9.17, 15) is 13.5 Å². The minimum atomic E-state index is -3.56. The molecule has 0 aromatic carbocycles. The van der Waals surface area contributed by atoms with Gasteiger partial charge in [0.15, 0.2) is 0 Å². The minimum Gasteiger partial charge on any atom is -0.385 e. The van der Waals surface area contributed by atoms with Crippen molar-refractivity contribution in [2.24, 2.45) is 34.2 Å². The Morgan fingerprint density at radius 2 is 1.93 bits per heavy atom. The smallest absolute Gasteiger partial charge is 0.325 e. The van der Waals surface area contributed by atoms with Crippen LogP contribution >= 0.6 is 0 Å². The summed E-state index contributed by atoms with van der Waals surface area (Å²) >= 11 is 0. The van der Waals surface area contributed by atoms with Crippen molar-refractivity contribution < 1.29 is 17.8 Å². The standard InChI is InChI=1S/C21H31NO4S/c1-13-14-5-6-17-16(9-11-20(2)18(17)10-12-21(20,3)23)15(14)7-8-19(13)22-26-27(4,24)25/h10,12,15-18,23H,5-9,11H2,1-4H3/b22-19+/t15-,16+,17+,18-,20-,21-/m0/s1. The Bertz CT molecular complexity index is 838. The van der Waals surface area contributed by atoms with Crippen molar-refractivity contribution in [2.45, 2.75) is 64.9 Å². The molecular weight excluding hydrogens is 362 g/mol. The second-order valence-electron chi connectivity index (χ2n) is 9.47. The monoisotopic (exact) mass is 393 g/mol. The van der Waals surface area contributed by atoms with Gasteiger partial charge in [-0.2, -0.15) is 8.42 Å². The van der Waals surface area contributed by atoms with Gasteiger partial charge in [0, 0.05) is 5.41 Å². The molecule has 27 heavy (non-hydrogen) atoms. The lowest BCUT2D eigenvalue weighted by Crippen LogP contribution is -2.52. The molecule has 2 fully saturated rings. The molecule has 0 bridgehead atoms. The molecule has 0 spiro atoms. The van der Waals surface area contributed by atoms with E-state index in [2.05, 4.69) is 25.1 Å². The molecule has 0 aliphatic heterocycles. The molecule has 0 heterocycles. The van der Waals surface area contributed by atoms with Crippen LogP contribution in [-0.4, -0.2) is 31.1 Å². The number of allylic oxidation sites excluding steroid dienone is 3. The third kappa shape index (κ3) is 3.00. The first-order valence-corrected chi connectivity index (χ1v) is 11.9. The van der Waals surface area contributed by atoms with Gasteiger partial charge in [0.1, 0.15) is 0 Å². The summed E-state index contributed by atoms with van der Waals surface area (Å²) in [6.07, 6.45) is 11.5. The summed E-state index contributed by atoms with van der Waals surface area (Å²) in [6, 6.07) is 0. The van der Waals surface area contributed by atoms with E-state index in [1.165, 1.54) is 5.57 Å². The van der Waals surface area contributed by atoms with Crippen molar-refractivity contribution in [2.75, 3.05) is 6.26 Å². The molecule has 0 saturated heterocycles. The number of nitrogens with zero attached hydrogens (tertiary/aromatic N) is 1. The first kappa shape index (κ1) is 19.2. The largest absolute Gasteiger partial charge is 0.385 e. The first-order valence-electron chi connectivity index (χ1n) is 10.1. The molecule has 6 atom stereocenters. The Labute approximate surface area is 162 Å². The van der Waals surface area contributed by atoms with E-state index in [0.717, 1.165) is 56.1 Å². The molecule has 4 rings (SSSR count). The molecule has 0 radical (unpaired) electrons. The Hall–Kier alpha value is -1.14. The summed E-state index contributed by atoms with van der Waals surface area (Å²) < 4.78 is 27.2. The van der Waals surface area contributed by atoms with Crippen LogP contribution in [0.5, 0.6) is 0 Å². The molecule has 4 aliphatic rings. The number of aliphatic hydroxyl groups is 1. The van der Waals surface area contributed by atoms with Gasteiger partial charge in [0.2, 0.25) is 0 Å². The SMILES string of the molecule is CC1=C2CC[C@@H]3[C@H](CC[C@@]4(C)[C@H]3C=C[C@]4(C)O)[C@H]2CC/C1=N\OS(C)(=O)=O. The van der Waals surface area contributed by atoms with Gasteiger partial charge in [-0.05, 0) is 81.6 Å². The number of hydrogen-bond donors (Lipinski definition) is 1. The van der Waals surface area contributed by atoms with Gasteiger partial charge < -0.3 is 5.11 Å². The van der Waals surface area contributed by atoms with Crippen molar-refractivity contribution in [3.63, 3.8) is 0 Å². The zero-order valence-electron chi connectivity index (χ0n) is 16.7. The van der Waals surface area contributed by atoms with Crippen LogP contribution in [0.25, 0.3) is 0 Å². The van der Waals surface area contributed by atoms with Gasteiger partial charge >= 0.3 is 10.1 Å². The molecule has 5 nitrogen and oxygen atoms in total. The number of hydrogen-bond acceptors (Lipinski definition) is 5. The highest BCUT2D eigenvalue weighted by molar-refractivity contribution is 7.85. The van der Waals surface area contributed by atoms with E-state index in [-0.39, 0.29) is 5.41 Å². The minimum absolute atomic E-state index is 0.0466. The van der Waals surface area contributed by atoms with E-state index < -0.39 is 15.7 Å². The number of fused-ring (bicyclic) bond motifs is 5. The highest BCUT2D eigenvalue weighted by atomic mass is 32.2. The van der Waals surface area contributed by atoms with Crippen molar-refractivity contribution in [3.8, 4) is 0 Å². The van der Waals surface area contributed by atoms with Gasteiger partial charge in [0.25, 0.3) is 0 Å². The lowest BCUT2D eigenvalue weighted by molar-refractivity contribution is -0.0929. The van der Waals surface area contributed by atoms with Gasteiger partial charge in [-0.15, -0.1) is 0 Å². The second kappa shape index (κ2) is 6.18. The average molecular weight is 394 g/mol. The van der Waals surface area contributed by atoms with Gasteiger partial charge in [-0.25, -0.2) is 0 Å². The summed E-state index contributed by atoms with van der Waals surface area (Å²) in [4.78, 5) is 0. The summed E-state index contributed by atoms with van der Waals surface area (Å²) in [6.45, 7) is 6.30. The molecule has 0 unspecified atom stereocenters. The van der Waals surface area contributed by atoms with E-state index in [0.29, 0.717) is 23.7 Å². The van der Waals surface area contributed by atoms with E-state index in [1.807, 2.05) is 13.0 Å². The molecule has 4 aliphatic carbocycles. The summed E-state index contributed by atoms with van der Waals surface area (Å²) in [5.41, 5.74) is 2.62. The molecule has 150 valence electrons. The maximum Gasteiger partial charge on any atom is 0.325 e. The fourth-order valence-corrected chi connectivity index (χ4v) is 6.64. The molecule has 0 amide bonds. The van der Waals surface area contributed by atoms with Crippen LogP contribution in [0.15, 0.2) is 28.5 Å². The maximum absolute atomic E-state index is 11.3. The van der Waals surface area contributed by atoms with Gasteiger partial charge in [-0.3, -0.25) is 4.28 Å². The first-order chi connectivity index (χ1) is 12.5. The predicted octanol–water partition coefficient (Wildman–Crippen LogP) is 3.81. The van der Waals surface area contributed by atoms with Crippen molar-refractivity contribution in [1.29, 1.82) is 0 Å². The lowest BCUT2D eigenvalue weighted by atomic mass is 9.50. The summed E-state index contributed by atoms with van der Waals surface area (Å²) in [5.74, 6) is 2.29. The van der Waals surface area contributed by atoms with Gasteiger partial charge in [0.05, 0.1) is 17.6 Å². The van der Waals surface area contributed by atoms with Crippen molar-refractivity contribution in [3.05, 3.63) is 23.3 Å². The Kier molecular flexibility index (Phi) is 4.39. The number of oxime groups is 1. The van der Waals surface area contributed by atoms with E-state index in [4.69, 9.17) is 4.28 Å². The van der Waals surface area contributed by atoms with Crippen LogP contribution < -0.4 is 0 Å². The van der Waals surface area contributed by atoms with E-state index in [1.54, 1.807) is 0 Å². The van der Waals surface area contributed by atoms with Crippen LogP contribution in [-0.2, 0) is 14.4 Å². The quantitative estimate of drug-likeness (QED) is 0.572. The molecule has 6 heteroatoms. The normalized spacial score (nSPS) is 45.4. The van der Waals surface area contributed by atoms with Crippen LogP contribution in [0.2, 0.25) is 0 Å². The second-order valence-corrected chi connectivity index (χ2v) is 11.0. The van der Waals surface area contributed by atoms with Crippen LogP contribution in [0.3, 0.4) is 0 Å². The highest BCUT2D eigenvalue weighted by Gasteiger charge is 2.58. The Morgan fingerprint density at radius 1 is 1.19 bits per heavy atom. The third-order valence-corrected chi connectivity index (χ3v) is 8.47. The molecule has 2 saturated carbocycles. The topological polar surface area (TPSA) is 76.0 Å². The Morgan fingerprint density at radius 3 is 2.63 bits per heavy atom. The third-order valence-electron chi connectivity index (χ3n) is 8.13. The zero-order valence-corrected chi connectivity index (χ0v) is 17.6. The Balaban J connectivity index is 1.60. The number of rotatable bonds is 2. The van der Waals surface area contributed by atoms with Crippen LogP contribution in [0.1, 0.15) is 59.3 Å².